The Bertz CT molecular complexity index is 865. The molecule has 1 amide bonds. The highest BCUT2D eigenvalue weighted by molar-refractivity contribution is 5.97. The number of imidazole rings is 1. The maximum absolute atomic E-state index is 12.2. The maximum atomic E-state index is 12.2. The van der Waals surface area contributed by atoms with Gasteiger partial charge in [-0.3, -0.25) is 4.79 Å². The minimum Gasteiger partial charge on any atom is -0.329 e. The molecule has 5 heteroatoms. The van der Waals surface area contributed by atoms with Crippen LogP contribution in [0.5, 0.6) is 0 Å². The van der Waals surface area contributed by atoms with Crippen molar-refractivity contribution in [3.05, 3.63) is 65.5 Å². The van der Waals surface area contributed by atoms with E-state index in [1.165, 1.54) is 0 Å². The quantitative estimate of drug-likeness (QED) is 0.594. The van der Waals surface area contributed by atoms with Crippen molar-refractivity contribution in [2.24, 2.45) is 5.10 Å². The fraction of sp³-hybridized carbons (Fsp3) is 0.167. The lowest BCUT2D eigenvalue weighted by Crippen LogP contribution is -2.17. The smallest absolute Gasteiger partial charge is 0.271 e. The van der Waals surface area contributed by atoms with Gasteiger partial charge in [0, 0.05) is 12.1 Å². The molecule has 3 rings (SSSR count). The molecular formula is C18H18N4O. The Kier molecular flexibility index (Phi) is 4.19. The maximum Gasteiger partial charge on any atom is 0.271 e. The van der Waals surface area contributed by atoms with Gasteiger partial charge in [0.2, 0.25) is 0 Å². The second-order valence-corrected chi connectivity index (χ2v) is 5.22. The average molecular weight is 306 g/mol. The number of rotatable bonds is 4. The minimum absolute atomic E-state index is 0.247. The van der Waals surface area contributed by atoms with Gasteiger partial charge in [0.1, 0.15) is 5.82 Å². The Balaban J connectivity index is 1.77. The van der Waals surface area contributed by atoms with E-state index in [9.17, 15) is 4.79 Å². The van der Waals surface area contributed by atoms with E-state index >= 15 is 0 Å². The van der Waals surface area contributed by atoms with Crippen LogP contribution in [-0.2, 0) is 6.54 Å². The minimum atomic E-state index is -0.247. The highest BCUT2D eigenvalue weighted by atomic mass is 16.2. The van der Waals surface area contributed by atoms with Crippen molar-refractivity contribution >= 4 is 23.2 Å². The molecule has 0 saturated carbocycles. The Morgan fingerprint density at radius 3 is 2.78 bits per heavy atom. The predicted molar refractivity (Wildman–Crippen MR) is 91.6 cm³/mol. The van der Waals surface area contributed by atoms with Crippen LogP contribution >= 0.6 is 0 Å². The van der Waals surface area contributed by atoms with Gasteiger partial charge in [0.05, 0.1) is 17.2 Å². The van der Waals surface area contributed by atoms with Crippen LogP contribution in [-0.4, -0.2) is 21.7 Å². The Morgan fingerprint density at radius 2 is 2.04 bits per heavy atom. The van der Waals surface area contributed by atoms with Gasteiger partial charge < -0.3 is 4.57 Å². The van der Waals surface area contributed by atoms with Gasteiger partial charge in [0.25, 0.3) is 5.91 Å². The molecule has 1 aromatic heterocycles. The van der Waals surface area contributed by atoms with Crippen molar-refractivity contribution in [2.45, 2.75) is 20.4 Å². The summed E-state index contributed by atoms with van der Waals surface area (Å²) < 4.78 is 2.12. The molecule has 0 fully saturated rings. The first-order valence-electron chi connectivity index (χ1n) is 7.54. The lowest BCUT2D eigenvalue weighted by molar-refractivity contribution is 0.0955. The molecule has 116 valence electrons. The second kappa shape index (κ2) is 6.44. The number of nitrogens with zero attached hydrogens (tertiary/aromatic N) is 3. The van der Waals surface area contributed by atoms with Crippen molar-refractivity contribution in [3.63, 3.8) is 0 Å². The summed E-state index contributed by atoms with van der Waals surface area (Å²) in [5, 5.41) is 3.99. The summed E-state index contributed by atoms with van der Waals surface area (Å²) in [5.41, 5.74) is 5.88. The summed E-state index contributed by atoms with van der Waals surface area (Å²) in [5.74, 6) is 0.699. The van der Waals surface area contributed by atoms with Gasteiger partial charge >= 0.3 is 0 Å². The molecule has 0 aliphatic rings. The molecule has 1 heterocycles. The number of hydrogen-bond donors (Lipinski definition) is 1. The normalized spacial score (nSPS) is 11.2. The third kappa shape index (κ3) is 3.13. The summed E-state index contributed by atoms with van der Waals surface area (Å²) in [6, 6.07) is 15.1. The standard InChI is InChI=1S/C18H18N4O/c1-3-22-13(2)20-16-11-15(9-10-17(16)22)18(23)21-19-12-14-7-5-4-6-8-14/h4-12H,3H2,1-2H3,(H,21,23)/b19-12-. The van der Waals surface area contributed by atoms with Crippen molar-refractivity contribution in [3.8, 4) is 0 Å². The molecule has 1 N–H and O–H groups in total. The molecule has 23 heavy (non-hydrogen) atoms. The Hall–Kier alpha value is -2.95. The number of hydrogen-bond acceptors (Lipinski definition) is 3. The lowest BCUT2D eigenvalue weighted by atomic mass is 10.2. The van der Waals surface area contributed by atoms with Gasteiger partial charge in [0.15, 0.2) is 0 Å². The molecule has 5 nitrogen and oxygen atoms in total. The third-order valence-corrected chi connectivity index (χ3v) is 3.70. The largest absolute Gasteiger partial charge is 0.329 e. The number of hydrazone groups is 1. The highest BCUT2D eigenvalue weighted by Crippen LogP contribution is 2.17. The number of carbonyl (C=O) groups excluding carboxylic acids is 1. The SMILES string of the molecule is CCn1c(C)nc2cc(C(=O)N/N=C\c3ccccc3)ccc21. The number of fused-ring (bicyclic) bond motifs is 1. The van der Waals surface area contributed by atoms with Crippen molar-refractivity contribution < 1.29 is 4.79 Å². The number of benzene rings is 2. The molecule has 0 aliphatic heterocycles. The molecule has 3 aromatic rings. The van der Waals surface area contributed by atoms with E-state index in [0.29, 0.717) is 5.56 Å². The zero-order valence-electron chi connectivity index (χ0n) is 13.2. The summed E-state index contributed by atoms with van der Waals surface area (Å²) in [6.07, 6.45) is 1.62. The number of aryl methyl sites for hydroxylation is 2. The first kappa shape index (κ1) is 15.0. The molecule has 0 unspecified atom stereocenters. The van der Waals surface area contributed by atoms with E-state index < -0.39 is 0 Å². The number of amides is 1. The van der Waals surface area contributed by atoms with Crippen LogP contribution in [0.25, 0.3) is 11.0 Å². The van der Waals surface area contributed by atoms with Gasteiger partial charge in [-0.2, -0.15) is 5.10 Å². The van der Waals surface area contributed by atoms with Crippen LogP contribution in [0.3, 0.4) is 0 Å². The van der Waals surface area contributed by atoms with E-state index in [-0.39, 0.29) is 5.91 Å². The fourth-order valence-corrected chi connectivity index (χ4v) is 2.56. The molecular weight excluding hydrogens is 288 g/mol. The van der Waals surface area contributed by atoms with Crippen molar-refractivity contribution in [1.82, 2.24) is 15.0 Å². The zero-order chi connectivity index (χ0) is 16.2. The monoisotopic (exact) mass is 306 g/mol. The van der Waals surface area contributed by atoms with Gasteiger partial charge in [-0.15, -0.1) is 0 Å². The number of aromatic nitrogens is 2. The first-order chi connectivity index (χ1) is 11.2. The number of nitrogens with one attached hydrogen (secondary N) is 1. The summed E-state index contributed by atoms with van der Waals surface area (Å²) in [4.78, 5) is 16.7. The molecule has 2 aromatic carbocycles. The van der Waals surface area contributed by atoms with Crippen LogP contribution < -0.4 is 5.43 Å². The van der Waals surface area contributed by atoms with Crippen LogP contribution in [0.1, 0.15) is 28.7 Å². The van der Waals surface area contributed by atoms with Crippen LogP contribution in [0, 0.1) is 6.92 Å². The second-order valence-electron chi connectivity index (χ2n) is 5.22. The first-order valence-corrected chi connectivity index (χ1v) is 7.54. The Morgan fingerprint density at radius 1 is 1.26 bits per heavy atom. The zero-order valence-corrected chi connectivity index (χ0v) is 13.2. The predicted octanol–water partition coefficient (Wildman–Crippen LogP) is 3.13. The van der Waals surface area contributed by atoms with Gasteiger partial charge in [-0.1, -0.05) is 30.3 Å². The van der Waals surface area contributed by atoms with E-state index in [0.717, 1.165) is 29.0 Å². The lowest BCUT2D eigenvalue weighted by Gasteiger charge is -2.03. The van der Waals surface area contributed by atoms with E-state index in [1.807, 2.05) is 43.3 Å². The fourth-order valence-electron chi connectivity index (χ4n) is 2.56. The van der Waals surface area contributed by atoms with Crippen LogP contribution in [0.2, 0.25) is 0 Å². The molecule has 0 aliphatic carbocycles. The molecule has 0 spiro atoms. The summed E-state index contributed by atoms with van der Waals surface area (Å²) >= 11 is 0. The van der Waals surface area contributed by atoms with Gasteiger partial charge in [-0.05, 0) is 37.6 Å². The highest BCUT2D eigenvalue weighted by Gasteiger charge is 2.10. The van der Waals surface area contributed by atoms with Crippen molar-refractivity contribution in [2.75, 3.05) is 0 Å². The van der Waals surface area contributed by atoms with Gasteiger partial charge in [-0.25, -0.2) is 10.4 Å². The van der Waals surface area contributed by atoms with E-state index in [2.05, 4.69) is 27.0 Å². The molecule has 0 bridgehead atoms. The van der Waals surface area contributed by atoms with Crippen LogP contribution in [0.15, 0.2) is 53.6 Å². The molecule has 0 atom stereocenters. The Labute approximate surface area is 134 Å². The summed E-state index contributed by atoms with van der Waals surface area (Å²) in [7, 11) is 0. The average Bonchev–Trinajstić information content (AvgIpc) is 2.89. The van der Waals surface area contributed by atoms with Crippen LogP contribution in [0.4, 0.5) is 0 Å². The topological polar surface area (TPSA) is 59.3 Å². The molecule has 0 radical (unpaired) electrons. The molecule has 0 saturated heterocycles. The van der Waals surface area contributed by atoms with E-state index in [4.69, 9.17) is 0 Å². The van der Waals surface area contributed by atoms with Crippen molar-refractivity contribution in [1.29, 1.82) is 0 Å². The summed E-state index contributed by atoms with van der Waals surface area (Å²) in [6.45, 7) is 4.90. The third-order valence-electron chi connectivity index (χ3n) is 3.70. The number of carbonyl (C=O) groups is 1. The van der Waals surface area contributed by atoms with E-state index in [1.54, 1.807) is 18.3 Å².